The van der Waals surface area contributed by atoms with Gasteiger partial charge in [-0.3, -0.25) is 4.57 Å². The number of nitrogens with one attached hydrogen (secondary N) is 1. The molecule has 1 aromatic heterocycles. The SMILES string of the molecule is C=C/C(Cl)=C/NC(O)CSc1nnc(C)n1-c1ccc(C2CC2)c2ccccc12. The summed E-state index contributed by atoms with van der Waals surface area (Å²) in [6, 6.07) is 12.9. The number of aryl methyl sites for hydroxylation is 1. The van der Waals surface area contributed by atoms with Crippen molar-refractivity contribution in [1.29, 1.82) is 0 Å². The average Bonchev–Trinajstić information content (AvgIpc) is 3.52. The molecule has 1 fully saturated rings. The van der Waals surface area contributed by atoms with Gasteiger partial charge in [-0.1, -0.05) is 60.3 Å². The minimum Gasteiger partial charge on any atom is -0.373 e. The maximum absolute atomic E-state index is 10.2. The van der Waals surface area contributed by atoms with Crippen LogP contribution in [-0.2, 0) is 0 Å². The third-order valence-electron chi connectivity index (χ3n) is 4.97. The Morgan fingerprint density at radius 2 is 2.07 bits per heavy atom. The van der Waals surface area contributed by atoms with Crippen molar-refractivity contribution >= 4 is 34.1 Å². The third kappa shape index (κ3) is 4.34. The summed E-state index contributed by atoms with van der Waals surface area (Å²) in [4.78, 5) is 0. The zero-order valence-corrected chi connectivity index (χ0v) is 17.7. The van der Waals surface area contributed by atoms with Gasteiger partial charge in [0.05, 0.1) is 10.7 Å². The first kappa shape index (κ1) is 20.0. The van der Waals surface area contributed by atoms with E-state index in [4.69, 9.17) is 11.6 Å². The summed E-state index contributed by atoms with van der Waals surface area (Å²) >= 11 is 7.31. The standard InChI is InChI=1S/C22H23ClN4OS/c1-3-16(23)12-24-21(28)13-29-22-26-25-14(2)27(22)20-11-10-17(15-8-9-15)18-6-4-5-7-19(18)20/h3-7,10-12,15,21,24,28H,1,8-9,13H2,2H3/b16-12-. The molecule has 1 saturated carbocycles. The average molecular weight is 427 g/mol. The van der Waals surface area contributed by atoms with Crippen molar-refractivity contribution in [2.24, 2.45) is 0 Å². The minimum absolute atomic E-state index is 0.397. The molecule has 1 heterocycles. The van der Waals surface area contributed by atoms with Crippen LogP contribution in [0.25, 0.3) is 16.5 Å². The molecule has 1 atom stereocenters. The molecule has 150 valence electrons. The molecule has 1 unspecified atom stereocenters. The van der Waals surface area contributed by atoms with Gasteiger partial charge in [-0.05, 0) is 48.8 Å². The number of benzene rings is 2. The molecule has 0 radical (unpaired) electrons. The molecule has 0 aliphatic heterocycles. The van der Waals surface area contributed by atoms with Gasteiger partial charge in [-0.2, -0.15) is 0 Å². The van der Waals surface area contributed by atoms with E-state index in [9.17, 15) is 5.11 Å². The van der Waals surface area contributed by atoms with Gasteiger partial charge in [0.25, 0.3) is 0 Å². The highest BCUT2D eigenvalue weighted by atomic mass is 35.5. The van der Waals surface area contributed by atoms with Crippen LogP contribution in [-0.4, -0.2) is 31.9 Å². The molecular weight excluding hydrogens is 404 g/mol. The quantitative estimate of drug-likeness (QED) is 0.305. The largest absolute Gasteiger partial charge is 0.373 e. The molecule has 0 amide bonds. The number of aliphatic hydroxyl groups excluding tert-OH is 1. The van der Waals surface area contributed by atoms with Crippen LogP contribution in [0.2, 0.25) is 0 Å². The van der Waals surface area contributed by atoms with E-state index in [1.165, 1.54) is 53.2 Å². The number of thioether (sulfide) groups is 1. The second-order valence-corrected chi connectivity index (χ2v) is 8.51. The second kappa shape index (κ2) is 8.61. The molecule has 2 aromatic carbocycles. The fourth-order valence-electron chi connectivity index (χ4n) is 3.40. The van der Waals surface area contributed by atoms with E-state index in [2.05, 4.69) is 63.1 Å². The highest BCUT2D eigenvalue weighted by Crippen LogP contribution is 2.44. The van der Waals surface area contributed by atoms with Gasteiger partial charge in [-0.25, -0.2) is 0 Å². The molecule has 1 aliphatic carbocycles. The van der Waals surface area contributed by atoms with Gasteiger partial charge in [0.1, 0.15) is 12.1 Å². The number of aliphatic hydroxyl groups is 1. The minimum atomic E-state index is -0.770. The maximum atomic E-state index is 10.2. The van der Waals surface area contributed by atoms with Crippen molar-refractivity contribution in [2.45, 2.75) is 37.1 Å². The highest BCUT2D eigenvalue weighted by molar-refractivity contribution is 7.99. The number of rotatable bonds is 8. The molecule has 7 heteroatoms. The molecular formula is C22H23ClN4OS. The third-order valence-corrected chi connectivity index (χ3v) is 6.24. The molecule has 1 aliphatic rings. The summed E-state index contributed by atoms with van der Waals surface area (Å²) in [5.74, 6) is 1.89. The van der Waals surface area contributed by atoms with E-state index in [1.807, 2.05) is 6.92 Å². The van der Waals surface area contributed by atoms with Gasteiger partial charge in [0, 0.05) is 17.3 Å². The summed E-state index contributed by atoms with van der Waals surface area (Å²) in [5.41, 5.74) is 2.49. The van der Waals surface area contributed by atoms with Crippen molar-refractivity contribution < 1.29 is 5.11 Å². The van der Waals surface area contributed by atoms with E-state index in [0.717, 1.165) is 16.7 Å². The van der Waals surface area contributed by atoms with E-state index in [0.29, 0.717) is 16.7 Å². The fraction of sp³-hybridized carbons (Fsp3) is 0.273. The monoisotopic (exact) mass is 426 g/mol. The normalized spacial score (nSPS) is 15.5. The van der Waals surface area contributed by atoms with Crippen molar-refractivity contribution in [3.8, 4) is 5.69 Å². The van der Waals surface area contributed by atoms with Crippen LogP contribution in [0.1, 0.15) is 30.1 Å². The lowest BCUT2D eigenvalue weighted by molar-refractivity contribution is 0.178. The Labute approximate surface area is 179 Å². The first-order chi connectivity index (χ1) is 14.1. The van der Waals surface area contributed by atoms with Crippen LogP contribution in [0.15, 0.2) is 65.4 Å². The zero-order valence-electron chi connectivity index (χ0n) is 16.2. The summed E-state index contributed by atoms with van der Waals surface area (Å²) in [7, 11) is 0. The molecule has 3 aromatic rings. The Morgan fingerprint density at radius 3 is 2.79 bits per heavy atom. The predicted molar refractivity (Wildman–Crippen MR) is 120 cm³/mol. The number of aromatic nitrogens is 3. The van der Waals surface area contributed by atoms with Gasteiger partial charge in [0.2, 0.25) is 0 Å². The van der Waals surface area contributed by atoms with Crippen molar-refractivity contribution in [1.82, 2.24) is 20.1 Å². The van der Waals surface area contributed by atoms with Crippen LogP contribution < -0.4 is 5.32 Å². The van der Waals surface area contributed by atoms with Crippen molar-refractivity contribution in [3.63, 3.8) is 0 Å². The summed E-state index contributed by atoms with van der Waals surface area (Å²) < 4.78 is 2.06. The molecule has 0 saturated heterocycles. The second-order valence-electron chi connectivity index (χ2n) is 7.09. The molecule has 4 rings (SSSR count). The maximum Gasteiger partial charge on any atom is 0.196 e. The van der Waals surface area contributed by atoms with Gasteiger partial charge in [0.15, 0.2) is 5.16 Å². The van der Waals surface area contributed by atoms with Crippen LogP contribution >= 0.6 is 23.4 Å². The van der Waals surface area contributed by atoms with Gasteiger partial charge in [-0.15, -0.1) is 10.2 Å². The molecule has 5 nitrogen and oxygen atoms in total. The first-order valence-electron chi connectivity index (χ1n) is 9.57. The summed E-state index contributed by atoms with van der Waals surface area (Å²) in [6.45, 7) is 5.52. The molecule has 0 spiro atoms. The number of halogens is 1. The van der Waals surface area contributed by atoms with E-state index < -0.39 is 6.23 Å². The number of fused-ring (bicyclic) bond motifs is 1. The molecule has 29 heavy (non-hydrogen) atoms. The Kier molecular flexibility index (Phi) is 5.94. The Morgan fingerprint density at radius 1 is 1.31 bits per heavy atom. The van der Waals surface area contributed by atoms with Crippen molar-refractivity contribution in [2.75, 3.05) is 5.75 Å². The zero-order chi connectivity index (χ0) is 20.4. The van der Waals surface area contributed by atoms with Crippen LogP contribution in [0.5, 0.6) is 0 Å². The van der Waals surface area contributed by atoms with E-state index in [-0.39, 0.29) is 0 Å². The van der Waals surface area contributed by atoms with Crippen molar-refractivity contribution in [3.05, 3.63) is 71.7 Å². The molecule has 2 N–H and O–H groups in total. The number of nitrogens with zero attached hydrogens (tertiary/aromatic N) is 3. The van der Waals surface area contributed by atoms with Crippen LogP contribution in [0.3, 0.4) is 0 Å². The van der Waals surface area contributed by atoms with E-state index >= 15 is 0 Å². The smallest absolute Gasteiger partial charge is 0.196 e. The van der Waals surface area contributed by atoms with E-state index in [1.54, 1.807) is 0 Å². The first-order valence-corrected chi connectivity index (χ1v) is 10.9. The fourth-order valence-corrected chi connectivity index (χ4v) is 4.33. The topological polar surface area (TPSA) is 63.0 Å². The number of allylic oxidation sites excluding steroid dienone is 2. The Bertz CT molecular complexity index is 1070. The summed E-state index contributed by atoms with van der Waals surface area (Å²) in [6.07, 6.45) is 4.80. The van der Waals surface area contributed by atoms with Gasteiger partial charge >= 0.3 is 0 Å². The Balaban J connectivity index is 1.63. The lowest BCUT2D eigenvalue weighted by atomic mass is 9.99. The Hall–Kier alpha value is -2.28. The van der Waals surface area contributed by atoms with Crippen LogP contribution in [0, 0.1) is 6.92 Å². The van der Waals surface area contributed by atoms with Crippen LogP contribution in [0.4, 0.5) is 0 Å². The molecule has 0 bridgehead atoms. The number of hydrogen-bond donors (Lipinski definition) is 2. The predicted octanol–water partition coefficient (Wildman–Crippen LogP) is 4.87. The van der Waals surface area contributed by atoms with Gasteiger partial charge < -0.3 is 10.4 Å². The highest BCUT2D eigenvalue weighted by Gasteiger charge is 2.26. The lowest BCUT2D eigenvalue weighted by Gasteiger charge is -2.15. The summed E-state index contributed by atoms with van der Waals surface area (Å²) in [5, 5.41) is 25.3. The lowest BCUT2D eigenvalue weighted by Crippen LogP contribution is -2.26. The number of hydrogen-bond acceptors (Lipinski definition) is 5.